The van der Waals surface area contributed by atoms with E-state index in [-0.39, 0.29) is 11.2 Å². The summed E-state index contributed by atoms with van der Waals surface area (Å²) in [7, 11) is 1.60. The summed E-state index contributed by atoms with van der Waals surface area (Å²) in [5.74, 6) is 0.623. The highest BCUT2D eigenvalue weighted by molar-refractivity contribution is 5.85. The van der Waals surface area contributed by atoms with Crippen LogP contribution in [0.5, 0.6) is 11.5 Å². The number of rotatable bonds is 4. The fraction of sp³-hybridized carbons (Fsp3) is 0.286. The largest absolute Gasteiger partial charge is 0.872 e. The predicted molar refractivity (Wildman–Crippen MR) is 99.1 cm³/mol. The van der Waals surface area contributed by atoms with Gasteiger partial charge in [-0.2, -0.15) is 0 Å². The predicted octanol–water partition coefficient (Wildman–Crippen LogP) is 0.957. The molecule has 3 aromatic rings. The van der Waals surface area contributed by atoms with Crippen LogP contribution in [-0.2, 0) is 11.3 Å². The van der Waals surface area contributed by atoms with Crippen molar-refractivity contribution in [2.24, 2.45) is 0 Å². The first-order valence-electron chi connectivity index (χ1n) is 8.97. The zero-order valence-corrected chi connectivity index (χ0v) is 15.1. The Balaban J connectivity index is 1.76. The summed E-state index contributed by atoms with van der Waals surface area (Å²) < 4.78 is 16.3. The van der Waals surface area contributed by atoms with Gasteiger partial charge in [0.1, 0.15) is 37.2 Å². The van der Waals surface area contributed by atoms with Crippen LogP contribution in [0.25, 0.3) is 22.1 Å². The number of nitrogens with one attached hydrogen (secondary N) is 1. The van der Waals surface area contributed by atoms with Crippen molar-refractivity contribution >= 4 is 11.0 Å². The van der Waals surface area contributed by atoms with Gasteiger partial charge in [-0.1, -0.05) is 23.9 Å². The van der Waals surface area contributed by atoms with Crippen molar-refractivity contribution in [2.75, 3.05) is 33.4 Å². The van der Waals surface area contributed by atoms with Crippen molar-refractivity contribution in [1.29, 1.82) is 0 Å². The second-order valence-corrected chi connectivity index (χ2v) is 6.67. The molecule has 6 nitrogen and oxygen atoms in total. The van der Waals surface area contributed by atoms with Gasteiger partial charge >= 0.3 is 0 Å². The lowest BCUT2D eigenvalue weighted by Crippen LogP contribution is -3.12. The van der Waals surface area contributed by atoms with Crippen LogP contribution in [0.1, 0.15) is 5.56 Å². The van der Waals surface area contributed by atoms with Gasteiger partial charge in [0.05, 0.1) is 31.3 Å². The lowest BCUT2D eigenvalue weighted by atomic mass is 10.0. The number of ether oxygens (including phenoxy) is 2. The van der Waals surface area contributed by atoms with Crippen LogP contribution in [-0.4, -0.2) is 33.4 Å². The molecule has 0 atom stereocenters. The van der Waals surface area contributed by atoms with E-state index in [9.17, 15) is 9.90 Å². The number of hydrogen-bond donors (Lipinski definition) is 1. The van der Waals surface area contributed by atoms with Crippen molar-refractivity contribution in [3.8, 4) is 22.6 Å². The number of fused-ring (bicyclic) bond motifs is 1. The molecule has 1 saturated heterocycles. The summed E-state index contributed by atoms with van der Waals surface area (Å²) in [6.45, 7) is 3.57. The summed E-state index contributed by atoms with van der Waals surface area (Å²) in [5.41, 5.74) is 2.03. The van der Waals surface area contributed by atoms with Gasteiger partial charge < -0.3 is 23.9 Å². The minimum atomic E-state index is -0.139. The Morgan fingerprint density at radius 2 is 1.85 bits per heavy atom. The summed E-state index contributed by atoms with van der Waals surface area (Å²) >= 11 is 0. The average Bonchev–Trinajstić information content (AvgIpc) is 2.71. The number of benzene rings is 2. The van der Waals surface area contributed by atoms with E-state index >= 15 is 0 Å². The van der Waals surface area contributed by atoms with E-state index in [4.69, 9.17) is 13.9 Å². The minimum Gasteiger partial charge on any atom is -0.872 e. The van der Waals surface area contributed by atoms with E-state index in [1.165, 1.54) is 17.2 Å². The van der Waals surface area contributed by atoms with Crippen molar-refractivity contribution in [3.05, 3.63) is 58.4 Å². The Kier molecular flexibility index (Phi) is 4.83. The highest BCUT2D eigenvalue weighted by atomic mass is 16.5. The van der Waals surface area contributed by atoms with E-state index < -0.39 is 0 Å². The molecule has 4 rings (SSSR count). The molecule has 1 fully saturated rings. The third-order valence-electron chi connectivity index (χ3n) is 5.03. The number of methoxy groups -OCH3 is 1. The monoisotopic (exact) mass is 367 g/mol. The maximum atomic E-state index is 13.0. The highest BCUT2D eigenvalue weighted by Gasteiger charge is 2.19. The van der Waals surface area contributed by atoms with E-state index in [0.29, 0.717) is 41.9 Å². The molecule has 2 heterocycles. The van der Waals surface area contributed by atoms with Crippen LogP contribution in [0.2, 0.25) is 0 Å². The first-order chi connectivity index (χ1) is 13.2. The summed E-state index contributed by atoms with van der Waals surface area (Å²) in [4.78, 5) is 14.3. The summed E-state index contributed by atoms with van der Waals surface area (Å²) in [6.07, 6.45) is 1.45. The smallest absolute Gasteiger partial charge is 0.200 e. The molecule has 27 heavy (non-hydrogen) atoms. The molecule has 1 aliphatic rings. The van der Waals surface area contributed by atoms with E-state index in [2.05, 4.69) is 0 Å². The zero-order valence-electron chi connectivity index (χ0n) is 15.1. The van der Waals surface area contributed by atoms with E-state index in [1.807, 2.05) is 12.1 Å². The van der Waals surface area contributed by atoms with Gasteiger partial charge in [0.2, 0.25) is 5.43 Å². The Morgan fingerprint density at radius 3 is 2.56 bits per heavy atom. The molecule has 0 bridgehead atoms. The summed E-state index contributed by atoms with van der Waals surface area (Å²) in [6, 6.07) is 10.3. The van der Waals surface area contributed by atoms with Gasteiger partial charge in [-0.15, -0.1) is 0 Å². The molecule has 0 unspecified atom stereocenters. The van der Waals surface area contributed by atoms with Crippen LogP contribution >= 0.6 is 0 Å². The van der Waals surface area contributed by atoms with Gasteiger partial charge in [0.25, 0.3) is 0 Å². The second kappa shape index (κ2) is 7.42. The highest BCUT2D eigenvalue weighted by Crippen LogP contribution is 2.27. The van der Waals surface area contributed by atoms with Crippen molar-refractivity contribution in [2.45, 2.75) is 6.54 Å². The topological polar surface area (TPSA) is 76.2 Å². The normalized spacial score (nSPS) is 15.1. The Hall–Kier alpha value is -2.83. The van der Waals surface area contributed by atoms with E-state index in [1.54, 1.807) is 25.3 Å². The third kappa shape index (κ3) is 3.41. The Bertz CT molecular complexity index is 1000. The average molecular weight is 367 g/mol. The molecule has 0 saturated carbocycles. The maximum Gasteiger partial charge on any atom is 0.200 e. The summed E-state index contributed by atoms with van der Waals surface area (Å²) in [5, 5.41) is 12.9. The third-order valence-corrected chi connectivity index (χ3v) is 5.03. The number of hydrogen-bond acceptors (Lipinski definition) is 5. The second-order valence-electron chi connectivity index (χ2n) is 6.67. The lowest BCUT2D eigenvalue weighted by Gasteiger charge is -2.26. The van der Waals surface area contributed by atoms with Crippen LogP contribution in [0.3, 0.4) is 0 Å². The van der Waals surface area contributed by atoms with Crippen LogP contribution in [0.4, 0.5) is 0 Å². The van der Waals surface area contributed by atoms with Gasteiger partial charge in [0, 0.05) is 5.56 Å². The first-order valence-corrected chi connectivity index (χ1v) is 8.97. The minimum absolute atomic E-state index is 0.0955. The quantitative estimate of drug-likeness (QED) is 0.743. The molecular weight excluding hydrogens is 346 g/mol. The lowest BCUT2D eigenvalue weighted by molar-refractivity contribution is -0.921. The molecule has 0 aliphatic carbocycles. The Morgan fingerprint density at radius 1 is 1.11 bits per heavy atom. The molecule has 1 aliphatic heterocycles. The molecule has 1 aromatic heterocycles. The Labute approximate surface area is 156 Å². The van der Waals surface area contributed by atoms with Gasteiger partial charge in [0.15, 0.2) is 0 Å². The van der Waals surface area contributed by atoms with Crippen LogP contribution in [0.15, 0.2) is 51.9 Å². The number of quaternary nitrogens is 1. The molecule has 140 valence electrons. The number of morpholine rings is 1. The van der Waals surface area contributed by atoms with Crippen LogP contribution in [0, 0.1) is 0 Å². The van der Waals surface area contributed by atoms with Crippen molar-refractivity contribution in [3.63, 3.8) is 0 Å². The van der Waals surface area contributed by atoms with E-state index in [0.717, 1.165) is 24.4 Å². The molecule has 0 spiro atoms. The van der Waals surface area contributed by atoms with Crippen LogP contribution < -0.4 is 20.2 Å². The molecule has 0 radical (unpaired) electrons. The molecule has 6 heteroatoms. The van der Waals surface area contributed by atoms with Gasteiger partial charge in [-0.3, -0.25) is 4.79 Å². The maximum absolute atomic E-state index is 13.0. The van der Waals surface area contributed by atoms with Crippen molar-refractivity contribution in [1.82, 2.24) is 0 Å². The van der Waals surface area contributed by atoms with Gasteiger partial charge in [-0.05, 0) is 23.8 Å². The van der Waals surface area contributed by atoms with Gasteiger partial charge in [-0.25, -0.2) is 0 Å². The van der Waals surface area contributed by atoms with Crippen molar-refractivity contribution < 1.29 is 23.9 Å². The molecule has 2 aromatic carbocycles. The standard InChI is InChI=1S/C21H21NO5/c1-25-15-4-2-14(3-5-15)18-13-27-21-16(20(18)24)6-7-19(23)17(21)12-22-8-10-26-11-9-22/h2-7,13,23H,8-12H2,1H3. The SMILES string of the molecule is COc1ccc(-c2coc3c(C[NH+]4CCOCC4)c([O-])ccc3c2=O)cc1. The molecular formula is C21H21NO5. The fourth-order valence-electron chi connectivity index (χ4n) is 3.46. The fourth-order valence-corrected chi connectivity index (χ4v) is 3.46. The molecule has 1 N–H and O–H groups in total. The zero-order chi connectivity index (χ0) is 18.8. The first kappa shape index (κ1) is 17.6. The molecule has 0 amide bonds.